The van der Waals surface area contributed by atoms with Crippen molar-refractivity contribution in [1.82, 2.24) is 0 Å². The predicted octanol–water partition coefficient (Wildman–Crippen LogP) is 9.93. The zero-order valence-electron chi connectivity index (χ0n) is 25.8. The van der Waals surface area contributed by atoms with Gasteiger partial charge in [0.2, 0.25) is 16.8 Å². The first-order valence-corrected chi connectivity index (χ1v) is 18.9. The summed E-state index contributed by atoms with van der Waals surface area (Å²) in [6, 6.07) is 17.5. The Balaban J connectivity index is 1.21. The standard InChI is InChI=1S/C35H54O4P2/c1-3-5-7-9-11-13-15-21-31-23-17-19-25-33(31)40-36-27-35(28-37-40)29-38-41(39-30-35)34-26-20-18-24-32(34)22-16-14-12-10-8-6-4-2/h17-20,23-26H,3-16,21-22,27-30H2,1-2H3. The van der Waals surface area contributed by atoms with Crippen molar-refractivity contribution in [3.8, 4) is 0 Å². The molecule has 4 rings (SSSR count). The van der Waals surface area contributed by atoms with Crippen molar-refractivity contribution in [2.75, 3.05) is 26.4 Å². The lowest BCUT2D eigenvalue weighted by Gasteiger charge is -2.43. The lowest BCUT2D eigenvalue weighted by Crippen LogP contribution is -2.46. The zero-order chi connectivity index (χ0) is 28.6. The van der Waals surface area contributed by atoms with Crippen LogP contribution in [-0.4, -0.2) is 26.4 Å². The summed E-state index contributed by atoms with van der Waals surface area (Å²) in [6.45, 7) is 7.09. The highest BCUT2D eigenvalue weighted by atomic mass is 31.2. The summed E-state index contributed by atoms with van der Waals surface area (Å²) < 4.78 is 25.7. The molecule has 4 nitrogen and oxygen atoms in total. The molecule has 0 atom stereocenters. The molecule has 0 aliphatic carbocycles. The second-order valence-electron chi connectivity index (χ2n) is 12.1. The predicted molar refractivity (Wildman–Crippen MR) is 176 cm³/mol. The molecule has 2 heterocycles. The van der Waals surface area contributed by atoms with Crippen LogP contribution in [0.4, 0.5) is 0 Å². The number of hydrogen-bond acceptors (Lipinski definition) is 4. The summed E-state index contributed by atoms with van der Waals surface area (Å²) in [5.41, 5.74) is 2.57. The Morgan fingerprint density at radius 3 is 1.22 bits per heavy atom. The van der Waals surface area contributed by atoms with Crippen LogP contribution in [0.15, 0.2) is 48.5 Å². The number of aryl methyl sites for hydroxylation is 2. The topological polar surface area (TPSA) is 36.9 Å². The Labute approximate surface area is 253 Å². The monoisotopic (exact) mass is 600 g/mol. The van der Waals surface area contributed by atoms with Gasteiger partial charge in [0, 0.05) is 10.6 Å². The van der Waals surface area contributed by atoms with Gasteiger partial charge in [-0.25, -0.2) is 0 Å². The fourth-order valence-electron chi connectivity index (χ4n) is 5.73. The smallest absolute Gasteiger partial charge is 0.205 e. The van der Waals surface area contributed by atoms with Crippen molar-refractivity contribution >= 4 is 27.4 Å². The van der Waals surface area contributed by atoms with E-state index in [1.54, 1.807) is 0 Å². The highest BCUT2D eigenvalue weighted by Gasteiger charge is 2.44. The second-order valence-corrected chi connectivity index (χ2v) is 15.1. The maximum absolute atomic E-state index is 6.42. The number of unbranched alkanes of at least 4 members (excludes halogenated alkanes) is 12. The molecule has 0 bridgehead atoms. The Bertz CT molecular complexity index is 901. The Morgan fingerprint density at radius 1 is 0.488 bits per heavy atom. The first-order valence-electron chi connectivity index (χ1n) is 16.5. The molecule has 0 amide bonds. The molecule has 2 saturated heterocycles. The SMILES string of the molecule is CCCCCCCCCc1ccccc1P1OCC2(CO1)COP(c1ccccc1CCCCCCCCC)OC2. The van der Waals surface area contributed by atoms with E-state index in [1.165, 1.54) is 112 Å². The van der Waals surface area contributed by atoms with E-state index in [-0.39, 0.29) is 5.41 Å². The van der Waals surface area contributed by atoms with Crippen LogP contribution < -0.4 is 10.6 Å². The minimum Gasteiger partial charge on any atom is -0.330 e. The summed E-state index contributed by atoms with van der Waals surface area (Å²) >= 11 is 0. The fourth-order valence-corrected chi connectivity index (χ4v) is 9.26. The summed E-state index contributed by atoms with van der Waals surface area (Å²) in [5.74, 6) is 0. The molecular weight excluding hydrogens is 546 g/mol. The summed E-state index contributed by atoms with van der Waals surface area (Å²) in [4.78, 5) is 0. The van der Waals surface area contributed by atoms with Crippen LogP contribution in [-0.2, 0) is 30.9 Å². The Hall–Kier alpha value is -0.860. The van der Waals surface area contributed by atoms with E-state index < -0.39 is 16.8 Å². The van der Waals surface area contributed by atoms with E-state index in [0.29, 0.717) is 26.4 Å². The molecule has 2 aliphatic rings. The van der Waals surface area contributed by atoms with E-state index in [4.69, 9.17) is 18.1 Å². The molecule has 0 radical (unpaired) electrons. The number of rotatable bonds is 18. The van der Waals surface area contributed by atoms with Crippen molar-refractivity contribution in [1.29, 1.82) is 0 Å². The first-order chi connectivity index (χ1) is 20.2. The lowest BCUT2D eigenvalue weighted by atomic mass is 9.93. The van der Waals surface area contributed by atoms with E-state index in [0.717, 1.165) is 12.8 Å². The molecule has 1 spiro atoms. The number of hydrogen-bond donors (Lipinski definition) is 0. The van der Waals surface area contributed by atoms with Gasteiger partial charge in [-0.15, -0.1) is 0 Å². The molecule has 2 aliphatic heterocycles. The second kappa shape index (κ2) is 18.7. The van der Waals surface area contributed by atoms with Gasteiger partial charge in [-0.3, -0.25) is 0 Å². The van der Waals surface area contributed by atoms with Crippen LogP contribution in [0.1, 0.15) is 115 Å². The van der Waals surface area contributed by atoms with Gasteiger partial charge < -0.3 is 18.1 Å². The first kappa shape index (κ1) is 33.0. The van der Waals surface area contributed by atoms with Gasteiger partial charge in [0.25, 0.3) is 0 Å². The highest BCUT2D eigenvalue weighted by Crippen LogP contribution is 2.52. The molecule has 0 N–H and O–H groups in total. The molecule has 2 fully saturated rings. The van der Waals surface area contributed by atoms with Crippen LogP contribution in [0.25, 0.3) is 0 Å². The van der Waals surface area contributed by atoms with Crippen LogP contribution in [0.5, 0.6) is 0 Å². The highest BCUT2D eigenvalue weighted by molar-refractivity contribution is 7.56. The number of benzene rings is 2. The summed E-state index contributed by atoms with van der Waals surface area (Å²) in [6.07, 6.45) is 20.8. The van der Waals surface area contributed by atoms with Gasteiger partial charge in [-0.2, -0.15) is 0 Å². The molecule has 6 heteroatoms. The Morgan fingerprint density at radius 2 is 0.829 bits per heavy atom. The van der Waals surface area contributed by atoms with Gasteiger partial charge in [0.15, 0.2) is 0 Å². The third-order valence-corrected chi connectivity index (χ3v) is 11.5. The minimum absolute atomic E-state index is 0.210. The Kier molecular flexibility index (Phi) is 15.1. The van der Waals surface area contributed by atoms with Crippen LogP contribution in [0.3, 0.4) is 0 Å². The van der Waals surface area contributed by atoms with Crippen molar-refractivity contribution in [2.24, 2.45) is 5.41 Å². The third-order valence-electron chi connectivity index (χ3n) is 8.43. The average Bonchev–Trinajstić information content (AvgIpc) is 3.02. The van der Waals surface area contributed by atoms with Gasteiger partial charge in [-0.05, 0) is 48.9 Å². The quantitative estimate of drug-likeness (QED) is 0.126. The molecule has 228 valence electrons. The van der Waals surface area contributed by atoms with Gasteiger partial charge in [-0.1, -0.05) is 127 Å². The zero-order valence-corrected chi connectivity index (χ0v) is 27.6. The van der Waals surface area contributed by atoms with Gasteiger partial charge >= 0.3 is 0 Å². The fraction of sp³-hybridized carbons (Fsp3) is 0.657. The van der Waals surface area contributed by atoms with Crippen LogP contribution in [0.2, 0.25) is 0 Å². The van der Waals surface area contributed by atoms with Gasteiger partial charge in [0.05, 0.1) is 31.8 Å². The molecule has 2 aromatic rings. The molecule has 41 heavy (non-hydrogen) atoms. The summed E-state index contributed by atoms with van der Waals surface area (Å²) in [5, 5.41) is 2.50. The molecule has 0 aromatic heterocycles. The normalized spacial score (nSPS) is 22.8. The largest absolute Gasteiger partial charge is 0.330 e. The molecule has 2 aromatic carbocycles. The molecular formula is C35H54O4P2. The van der Waals surface area contributed by atoms with E-state index in [9.17, 15) is 0 Å². The third kappa shape index (κ3) is 10.7. The average molecular weight is 601 g/mol. The van der Waals surface area contributed by atoms with Crippen LogP contribution >= 0.6 is 16.8 Å². The maximum Gasteiger partial charge on any atom is 0.205 e. The van der Waals surface area contributed by atoms with E-state index in [2.05, 4.69) is 62.4 Å². The minimum atomic E-state index is -1.05. The molecule has 0 unspecified atom stereocenters. The van der Waals surface area contributed by atoms with Crippen molar-refractivity contribution in [2.45, 2.75) is 117 Å². The maximum atomic E-state index is 6.42. The molecule has 0 saturated carbocycles. The lowest BCUT2D eigenvalue weighted by molar-refractivity contribution is -0.0498. The van der Waals surface area contributed by atoms with Crippen molar-refractivity contribution in [3.05, 3.63) is 59.7 Å². The summed E-state index contributed by atoms with van der Waals surface area (Å²) in [7, 11) is -2.10. The van der Waals surface area contributed by atoms with Gasteiger partial charge in [0.1, 0.15) is 0 Å². The van der Waals surface area contributed by atoms with E-state index in [1.807, 2.05) is 0 Å². The van der Waals surface area contributed by atoms with E-state index >= 15 is 0 Å². The van der Waals surface area contributed by atoms with Crippen molar-refractivity contribution in [3.63, 3.8) is 0 Å². The van der Waals surface area contributed by atoms with Crippen LogP contribution in [0, 0.1) is 5.41 Å². The van der Waals surface area contributed by atoms with Crippen molar-refractivity contribution < 1.29 is 18.1 Å².